The number of hydrogen-bond donors (Lipinski definition) is 1. The van der Waals surface area contributed by atoms with Crippen molar-refractivity contribution in [2.75, 3.05) is 21.3 Å². The zero-order valence-electron chi connectivity index (χ0n) is 13.5. The maximum Gasteiger partial charge on any atom is 0.224 e. The molecule has 0 spiro atoms. The quantitative estimate of drug-likeness (QED) is 0.801. The van der Waals surface area contributed by atoms with Gasteiger partial charge in [0.05, 0.1) is 27.8 Å². The van der Waals surface area contributed by atoms with Crippen molar-refractivity contribution >= 4 is 5.91 Å². The van der Waals surface area contributed by atoms with E-state index in [9.17, 15) is 4.79 Å². The molecule has 5 heteroatoms. The van der Waals surface area contributed by atoms with Crippen LogP contribution in [0.4, 0.5) is 0 Å². The molecule has 0 fully saturated rings. The predicted octanol–water partition coefficient (Wildman–Crippen LogP) is 2.56. The molecule has 0 radical (unpaired) electrons. The van der Waals surface area contributed by atoms with Crippen LogP contribution in [-0.4, -0.2) is 33.3 Å². The molecule has 0 saturated heterocycles. The second-order valence-corrected chi connectivity index (χ2v) is 4.97. The number of benzene rings is 1. The number of rotatable bonds is 8. The molecule has 1 N–H and O–H groups in total. The van der Waals surface area contributed by atoms with Crippen molar-refractivity contribution in [2.45, 2.75) is 39.2 Å². The van der Waals surface area contributed by atoms with Crippen LogP contribution in [-0.2, 0) is 11.2 Å². The number of hydrogen-bond acceptors (Lipinski definition) is 4. The summed E-state index contributed by atoms with van der Waals surface area (Å²) in [5.41, 5.74) is 0.825. The third kappa shape index (κ3) is 4.85. The molecule has 1 aromatic rings. The van der Waals surface area contributed by atoms with E-state index in [1.165, 1.54) is 0 Å². The van der Waals surface area contributed by atoms with Gasteiger partial charge in [-0.3, -0.25) is 4.79 Å². The van der Waals surface area contributed by atoms with Gasteiger partial charge in [-0.05, 0) is 31.0 Å². The van der Waals surface area contributed by atoms with Crippen molar-refractivity contribution in [3.63, 3.8) is 0 Å². The summed E-state index contributed by atoms with van der Waals surface area (Å²) in [6.07, 6.45) is 2.30. The number of nitrogens with one attached hydrogen (secondary N) is 1. The Balaban J connectivity index is 2.86. The second kappa shape index (κ2) is 8.39. The van der Waals surface area contributed by atoms with Crippen LogP contribution in [0.2, 0.25) is 0 Å². The van der Waals surface area contributed by atoms with Crippen LogP contribution >= 0.6 is 0 Å². The Hall–Kier alpha value is -1.91. The highest BCUT2D eigenvalue weighted by Crippen LogP contribution is 2.38. The molecule has 1 amide bonds. The molecule has 0 saturated carbocycles. The maximum absolute atomic E-state index is 12.0. The molecule has 5 nitrogen and oxygen atoms in total. The molecule has 21 heavy (non-hydrogen) atoms. The van der Waals surface area contributed by atoms with E-state index in [-0.39, 0.29) is 18.4 Å². The van der Waals surface area contributed by atoms with Crippen molar-refractivity contribution in [2.24, 2.45) is 0 Å². The van der Waals surface area contributed by atoms with Crippen LogP contribution in [0.1, 0.15) is 32.3 Å². The van der Waals surface area contributed by atoms with Gasteiger partial charge in [0.2, 0.25) is 11.7 Å². The number of ether oxygens (including phenoxy) is 3. The molecule has 0 aliphatic heterocycles. The molecule has 1 rings (SSSR count). The van der Waals surface area contributed by atoms with Crippen LogP contribution in [0.25, 0.3) is 0 Å². The molecular formula is C16H25NO4. The van der Waals surface area contributed by atoms with E-state index < -0.39 is 0 Å². The van der Waals surface area contributed by atoms with E-state index in [1.807, 2.05) is 6.92 Å². The average Bonchev–Trinajstić information content (AvgIpc) is 2.45. The molecule has 0 bridgehead atoms. The third-order valence-electron chi connectivity index (χ3n) is 3.22. The summed E-state index contributed by atoms with van der Waals surface area (Å²) in [6, 6.07) is 3.78. The first-order chi connectivity index (χ1) is 10.0. The van der Waals surface area contributed by atoms with Gasteiger partial charge in [0, 0.05) is 6.04 Å². The largest absolute Gasteiger partial charge is 0.493 e. The molecule has 0 aromatic heterocycles. The topological polar surface area (TPSA) is 56.8 Å². The fourth-order valence-corrected chi connectivity index (χ4v) is 2.25. The average molecular weight is 295 g/mol. The van der Waals surface area contributed by atoms with Crippen LogP contribution in [0.5, 0.6) is 17.2 Å². The molecule has 1 atom stereocenters. The molecular weight excluding hydrogens is 270 g/mol. The van der Waals surface area contributed by atoms with Crippen molar-refractivity contribution < 1.29 is 19.0 Å². The van der Waals surface area contributed by atoms with Gasteiger partial charge >= 0.3 is 0 Å². The molecule has 0 heterocycles. The van der Waals surface area contributed by atoms with Crippen molar-refractivity contribution in [3.05, 3.63) is 17.7 Å². The van der Waals surface area contributed by atoms with E-state index in [1.54, 1.807) is 33.5 Å². The number of carbonyl (C=O) groups is 1. The van der Waals surface area contributed by atoms with Gasteiger partial charge in [0.25, 0.3) is 0 Å². The predicted molar refractivity (Wildman–Crippen MR) is 82.3 cm³/mol. The summed E-state index contributed by atoms with van der Waals surface area (Å²) in [5.74, 6) is 1.64. The van der Waals surface area contributed by atoms with Gasteiger partial charge in [-0.1, -0.05) is 13.3 Å². The Kier molecular flexibility index (Phi) is 6.85. The lowest BCUT2D eigenvalue weighted by atomic mass is 10.1. The minimum absolute atomic E-state index is 0.00905. The highest BCUT2D eigenvalue weighted by Gasteiger charge is 2.15. The van der Waals surface area contributed by atoms with Gasteiger partial charge in [0.15, 0.2) is 11.5 Å². The van der Waals surface area contributed by atoms with Crippen LogP contribution in [0, 0.1) is 0 Å². The summed E-state index contributed by atoms with van der Waals surface area (Å²) in [7, 11) is 4.67. The van der Waals surface area contributed by atoms with E-state index in [0.29, 0.717) is 17.2 Å². The first kappa shape index (κ1) is 17.1. The Labute approximate surface area is 126 Å². The minimum Gasteiger partial charge on any atom is -0.493 e. The van der Waals surface area contributed by atoms with Gasteiger partial charge in [-0.25, -0.2) is 0 Å². The number of amides is 1. The molecule has 0 aliphatic carbocycles. The number of carbonyl (C=O) groups excluding carboxylic acids is 1. The first-order valence-corrected chi connectivity index (χ1v) is 7.13. The Morgan fingerprint density at radius 1 is 1.14 bits per heavy atom. The number of methoxy groups -OCH3 is 3. The van der Waals surface area contributed by atoms with Crippen molar-refractivity contribution in [3.8, 4) is 17.2 Å². The lowest BCUT2D eigenvalue weighted by molar-refractivity contribution is -0.121. The third-order valence-corrected chi connectivity index (χ3v) is 3.22. The highest BCUT2D eigenvalue weighted by molar-refractivity contribution is 5.79. The smallest absolute Gasteiger partial charge is 0.224 e. The summed E-state index contributed by atoms with van der Waals surface area (Å²) < 4.78 is 15.8. The van der Waals surface area contributed by atoms with Crippen molar-refractivity contribution in [1.82, 2.24) is 5.32 Å². The van der Waals surface area contributed by atoms with Crippen LogP contribution < -0.4 is 19.5 Å². The molecule has 0 unspecified atom stereocenters. The van der Waals surface area contributed by atoms with E-state index in [2.05, 4.69) is 12.2 Å². The minimum atomic E-state index is -0.00905. The summed E-state index contributed by atoms with van der Waals surface area (Å²) >= 11 is 0. The lowest BCUT2D eigenvalue weighted by Crippen LogP contribution is -2.33. The zero-order valence-corrected chi connectivity index (χ0v) is 13.5. The highest BCUT2D eigenvalue weighted by atomic mass is 16.5. The normalized spacial score (nSPS) is 11.7. The van der Waals surface area contributed by atoms with Crippen LogP contribution in [0.15, 0.2) is 12.1 Å². The van der Waals surface area contributed by atoms with Crippen LogP contribution in [0.3, 0.4) is 0 Å². The van der Waals surface area contributed by atoms with Gasteiger partial charge in [-0.15, -0.1) is 0 Å². The lowest BCUT2D eigenvalue weighted by Gasteiger charge is -2.15. The molecule has 118 valence electrons. The van der Waals surface area contributed by atoms with Gasteiger partial charge in [0.1, 0.15) is 0 Å². The summed E-state index contributed by atoms with van der Waals surface area (Å²) in [6.45, 7) is 4.11. The monoisotopic (exact) mass is 295 g/mol. The Morgan fingerprint density at radius 2 is 1.71 bits per heavy atom. The first-order valence-electron chi connectivity index (χ1n) is 7.13. The zero-order chi connectivity index (χ0) is 15.8. The standard InChI is InChI=1S/C16H25NO4/c1-6-7-11(2)17-15(18)10-12-8-13(19-3)16(21-5)14(9-12)20-4/h8-9,11H,6-7,10H2,1-5H3,(H,17,18)/t11-/m1/s1. The fourth-order valence-electron chi connectivity index (χ4n) is 2.25. The SMILES string of the molecule is CCC[C@@H](C)NC(=O)Cc1cc(OC)c(OC)c(OC)c1. The molecule has 0 aliphatic rings. The van der Waals surface area contributed by atoms with Gasteiger partial charge in [-0.2, -0.15) is 0 Å². The van der Waals surface area contributed by atoms with Crippen molar-refractivity contribution in [1.29, 1.82) is 0 Å². The summed E-state index contributed by atoms with van der Waals surface area (Å²) in [5, 5.41) is 2.98. The van der Waals surface area contributed by atoms with E-state index in [0.717, 1.165) is 18.4 Å². The Bertz CT molecular complexity index is 448. The molecule has 1 aromatic carbocycles. The fraction of sp³-hybridized carbons (Fsp3) is 0.562. The second-order valence-electron chi connectivity index (χ2n) is 4.97. The maximum atomic E-state index is 12.0. The summed E-state index contributed by atoms with van der Waals surface area (Å²) in [4.78, 5) is 12.0. The van der Waals surface area contributed by atoms with E-state index in [4.69, 9.17) is 14.2 Å². The van der Waals surface area contributed by atoms with Gasteiger partial charge < -0.3 is 19.5 Å². The van der Waals surface area contributed by atoms with E-state index >= 15 is 0 Å². The Morgan fingerprint density at radius 3 is 2.14 bits per heavy atom.